The van der Waals surface area contributed by atoms with E-state index < -0.39 is 9.84 Å². The highest BCUT2D eigenvalue weighted by Crippen LogP contribution is 2.26. The van der Waals surface area contributed by atoms with Gasteiger partial charge in [0.05, 0.1) is 11.5 Å². The van der Waals surface area contributed by atoms with Crippen LogP contribution in [0.4, 0.5) is 0 Å². The summed E-state index contributed by atoms with van der Waals surface area (Å²) in [6.45, 7) is 5.79. The summed E-state index contributed by atoms with van der Waals surface area (Å²) < 4.78 is 23.1. The molecule has 0 aromatic rings. The van der Waals surface area contributed by atoms with Crippen LogP contribution in [0.1, 0.15) is 45.4 Å². The van der Waals surface area contributed by atoms with Gasteiger partial charge in [-0.2, -0.15) is 0 Å². The maximum Gasteiger partial charge on any atom is 0.191 e. The summed E-state index contributed by atoms with van der Waals surface area (Å²) in [5.41, 5.74) is 0. The normalized spacial score (nSPS) is 31.6. The fourth-order valence-corrected chi connectivity index (χ4v) is 6.11. The van der Waals surface area contributed by atoms with Gasteiger partial charge in [-0.15, -0.1) is 0 Å². The predicted octanol–water partition coefficient (Wildman–Crippen LogP) is 0.993. The fourth-order valence-electron chi connectivity index (χ4n) is 4.26. The second-order valence-electron chi connectivity index (χ2n) is 7.55. The standard InChI is InChI=1S/C17H32N4O2S/c1-2-18-17(19-11-14-8-10-24(22,23)13-14)20-15-7-9-21(12-15)16-5-3-4-6-16/h14-16H,2-13H2,1H3,(H2,18,19,20). The lowest BCUT2D eigenvalue weighted by molar-refractivity contribution is 0.242. The van der Waals surface area contributed by atoms with Gasteiger partial charge in [-0.3, -0.25) is 9.89 Å². The SMILES string of the molecule is CCNC(=NCC1CCS(=O)(=O)C1)NC1CCN(C2CCCC2)C1. The second-order valence-corrected chi connectivity index (χ2v) is 9.78. The number of hydrogen-bond donors (Lipinski definition) is 2. The molecule has 3 rings (SSSR count). The molecule has 138 valence electrons. The monoisotopic (exact) mass is 356 g/mol. The van der Waals surface area contributed by atoms with Gasteiger partial charge in [-0.05, 0) is 38.5 Å². The first kappa shape index (κ1) is 18.0. The quantitative estimate of drug-likeness (QED) is 0.568. The zero-order valence-corrected chi connectivity index (χ0v) is 15.7. The molecule has 2 unspecified atom stereocenters. The third-order valence-electron chi connectivity index (χ3n) is 5.58. The third-order valence-corrected chi connectivity index (χ3v) is 7.42. The van der Waals surface area contributed by atoms with Crippen molar-refractivity contribution in [1.82, 2.24) is 15.5 Å². The molecule has 0 aromatic heterocycles. The van der Waals surface area contributed by atoms with Crippen LogP contribution in [0, 0.1) is 5.92 Å². The Morgan fingerprint density at radius 2 is 2.00 bits per heavy atom. The topological polar surface area (TPSA) is 73.8 Å². The van der Waals surface area contributed by atoms with Gasteiger partial charge in [0.1, 0.15) is 0 Å². The zero-order valence-electron chi connectivity index (χ0n) is 14.8. The Hall–Kier alpha value is -0.820. The molecule has 24 heavy (non-hydrogen) atoms. The molecule has 1 aliphatic carbocycles. The van der Waals surface area contributed by atoms with Crippen LogP contribution < -0.4 is 10.6 Å². The number of aliphatic imine (C=N–C) groups is 1. The maximum atomic E-state index is 11.6. The van der Waals surface area contributed by atoms with Gasteiger partial charge in [0.2, 0.25) is 0 Å². The predicted molar refractivity (Wildman–Crippen MR) is 98.1 cm³/mol. The Kier molecular flexibility index (Phi) is 6.02. The van der Waals surface area contributed by atoms with Gasteiger partial charge in [-0.1, -0.05) is 12.8 Å². The van der Waals surface area contributed by atoms with Gasteiger partial charge in [0.25, 0.3) is 0 Å². The summed E-state index contributed by atoms with van der Waals surface area (Å²) >= 11 is 0. The smallest absolute Gasteiger partial charge is 0.191 e. The Bertz CT molecular complexity index is 543. The van der Waals surface area contributed by atoms with Crippen LogP contribution in [0.2, 0.25) is 0 Å². The van der Waals surface area contributed by atoms with Crippen molar-refractivity contribution in [3.8, 4) is 0 Å². The molecular formula is C17H32N4O2S. The van der Waals surface area contributed by atoms with E-state index in [1.54, 1.807) is 0 Å². The van der Waals surface area contributed by atoms with Crippen molar-refractivity contribution in [2.75, 3.05) is 37.7 Å². The lowest BCUT2D eigenvalue weighted by Gasteiger charge is -2.24. The van der Waals surface area contributed by atoms with E-state index in [1.807, 2.05) is 0 Å². The fraction of sp³-hybridized carbons (Fsp3) is 0.941. The van der Waals surface area contributed by atoms with Gasteiger partial charge in [0.15, 0.2) is 15.8 Å². The number of nitrogens with zero attached hydrogens (tertiary/aromatic N) is 2. The Balaban J connectivity index is 1.49. The van der Waals surface area contributed by atoms with E-state index in [1.165, 1.54) is 38.6 Å². The minimum atomic E-state index is -2.81. The van der Waals surface area contributed by atoms with Crippen LogP contribution in [0.3, 0.4) is 0 Å². The molecule has 0 bridgehead atoms. The van der Waals surface area contributed by atoms with Crippen LogP contribution >= 0.6 is 0 Å². The number of nitrogens with one attached hydrogen (secondary N) is 2. The molecule has 0 radical (unpaired) electrons. The van der Waals surface area contributed by atoms with E-state index >= 15 is 0 Å². The molecule has 2 heterocycles. The summed E-state index contributed by atoms with van der Waals surface area (Å²) in [4.78, 5) is 7.30. The van der Waals surface area contributed by atoms with E-state index in [0.29, 0.717) is 24.1 Å². The second kappa shape index (κ2) is 8.04. The highest BCUT2D eigenvalue weighted by molar-refractivity contribution is 7.91. The van der Waals surface area contributed by atoms with Crippen molar-refractivity contribution in [3.63, 3.8) is 0 Å². The number of likely N-dealkylation sites (tertiary alicyclic amines) is 1. The first-order valence-electron chi connectivity index (χ1n) is 9.55. The molecule has 3 aliphatic rings. The number of guanidine groups is 1. The van der Waals surface area contributed by atoms with Crippen LogP contribution in [0.15, 0.2) is 4.99 Å². The van der Waals surface area contributed by atoms with Crippen molar-refractivity contribution in [2.24, 2.45) is 10.9 Å². The number of hydrogen-bond acceptors (Lipinski definition) is 4. The molecule has 2 aliphatic heterocycles. The summed E-state index contributed by atoms with van der Waals surface area (Å²) in [5.74, 6) is 1.66. The van der Waals surface area contributed by atoms with Crippen LogP contribution in [0.25, 0.3) is 0 Å². The molecular weight excluding hydrogens is 324 g/mol. The average molecular weight is 357 g/mol. The number of rotatable bonds is 5. The first-order valence-corrected chi connectivity index (χ1v) is 11.4. The molecule has 2 atom stereocenters. The van der Waals surface area contributed by atoms with E-state index in [2.05, 4.69) is 27.4 Å². The highest BCUT2D eigenvalue weighted by Gasteiger charge is 2.31. The van der Waals surface area contributed by atoms with Crippen LogP contribution in [0.5, 0.6) is 0 Å². The van der Waals surface area contributed by atoms with Crippen molar-refractivity contribution >= 4 is 15.8 Å². The molecule has 2 N–H and O–H groups in total. The van der Waals surface area contributed by atoms with Crippen molar-refractivity contribution in [2.45, 2.75) is 57.5 Å². The lowest BCUT2D eigenvalue weighted by atomic mass is 10.1. The third kappa shape index (κ3) is 4.85. The molecule has 0 amide bonds. The Morgan fingerprint density at radius 1 is 1.21 bits per heavy atom. The van der Waals surface area contributed by atoms with Crippen LogP contribution in [-0.4, -0.2) is 69.0 Å². The lowest BCUT2D eigenvalue weighted by Crippen LogP contribution is -2.45. The van der Waals surface area contributed by atoms with Crippen molar-refractivity contribution in [1.29, 1.82) is 0 Å². The van der Waals surface area contributed by atoms with Gasteiger partial charge >= 0.3 is 0 Å². The largest absolute Gasteiger partial charge is 0.357 e. The summed E-state index contributed by atoms with van der Waals surface area (Å²) in [7, 11) is -2.81. The molecule has 3 fully saturated rings. The van der Waals surface area contributed by atoms with E-state index in [0.717, 1.165) is 31.5 Å². The van der Waals surface area contributed by atoms with Crippen molar-refractivity contribution < 1.29 is 8.42 Å². The molecule has 0 spiro atoms. The Morgan fingerprint density at radius 3 is 2.67 bits per heavy atom. The minimum Gasteiger partial charge on any atom is -0.357 e. The van der Waals surface area contributed by atoms with Crippen LogP contribution in [-0.2, 0) is 9.84 Å². The average Bonchev–Trinajstić information content (AvgIpc) is 3.25. The molecule has 0 aromatic carbocycles. The highest BCUT2D eigenvalue weighted by atomic mass is 32.2. The summed E-state index contributed by atoms with van der Waals surface area (Å²) in [5, 5.41) is 6.87. The van der Waals surface area contributed by atoms with E-state index in [-0.39, 0.29) is 5.92 Å². The molecule has 2 saturated heterocycles. The first-order chi connectivity index (χ1) is 11.6. The van der Waals surface area contributed by atoms with Gasteiger partial charge < -0.3 is 10.6 Å². The molecule has 7 heteroatoms. The van der Waals surface area contributed by atoms with E-state index in [9.17, 15) is 8.42 Å². The van der Waals surface area contributed by atoms with Gasteiger partial charge in [0, 0.05) is 38.3 Å². The van der Waals surface area contributed by atoms with E-state index in [4.69, 9.17) is 0 Å². The minimum absolute atomic E-state index is 0.184. The maximum absolute atomic E-state index is 11.6. The summed E-state index contributed by atoms with van der Waals surface area (Å²) in [6, 6.07) is 1.25. The zero-order chi connectivity index (χ0) is 17.0. The molecule has 1 saturated carbocycles. The molecule has 6 nitrogen and oxygen atoms in total. The summed E-state index contributed by atoms with van der Waals surface area (Å²) in [6.07, 6.45) is 7.40. The Labute approximate surface area is 146 Å². The van der Waals surface area contributed by atoms with Gasteiger partial charge in [-0.25, -0.2) is 8.42 Å². The number of sulfone groups is 1. The van der Waals surface area contributed by atoms with Crippen molar-refractivity contribution in [3.05, 3.63) is 0 Å².